The third kappa shape index (κ3) is 3.12. The van der Waals surface area contributed by atoms with Crippen LogP contribution >= 0.6 is 11.3 Å². The Balaban J connectivity index is 1.49. The third-order valence-electron chi connectivity index (χ3n) is 5.28. The van der Waals surface area contributed by atoms with Crippen LogP contribution in [0.15, 0.2) is 15.9 Å². The van der Waals surface area contributed by atoms with E-state index < -0.39 is 0 Å². The number of carbonyl (C=O) groups is 1. The second-order valence-corrected chi connectivity index (χ2v) is 7.92. The van der Waals surface area contributed by atoms with Crippen molar-refractivity contribution in [1.82, 2.24) is 19.7 Å². The molecular weight excluding hydrogens is 336 g/mol. The lowest BCUT2D eigenvalue weighted by Gasteiger charge is -2.45. The molecule has 7 heteroatoms. The number of piperazine rings is 2. The first-order valence-electron chi connectivity index (χ1n) is 8.75. The lowest BCUT2D eigenvalue weighted by atomic mass is 10.1. The second-order valence-electron chi connectivity index (χ2n) is 7.00. The van der Waals surface area contributed by atoms with E-state index in [1.54, 1.807) is 11.3 Å². The number of amides is 1. The van der Waals surface area contributed by atoms with Crippen LogP contribution in [0.2, 0.25) is 0 Å². The van der Waals surface area contributed by atoms with Crippen LogP contribution in [0.1, 0.15) is 17.0 Å². The summed E-state index contributed by atoms with van der Waals surface area (Å²) in [5, 5.41) is 2.06. The van der Waals surface area contributed by atoms with E-state index in [0.29, 0.717) is 5.89 Å². The number of likely N-dealkylation sites (N-methyl/N-ethyl adjacent to an activating group) is 1. The summed E-state index contributed by atoms with van der Waals surface area (Å²) in [4.78, 5) is 24.8. The van der Waals surface area contributed by atoms with E-state index in [1.807, 2.05) is 18.9 Å². The molecule has 6 nitrogen and oxygen atoms in total. The SMILES string of the molecule is Cc1ccsc1-c1nc(CN2CCN3CCN(C)C(=O)[C@@H]3C2)c(C)o1. The second kappa shape index (κ2) is 6.55. The highest BCUT2D eigenvalue weighted by Gasteiger charge is 2.37. The minimum absolute atomic E-state index is 0.0151. The van der Waals surface area contributed by atoms with Gasteiger partial charge in [-0.05, 0) is 30.9 Å². The minimum Gasteiger partial charge on any atom is -0.440 e. The number of aryl methyl sites for hydroxylation is 2. The summed E-state index contributed by atoms with van der Waals surface area (Å²) in [7, 11) is 1.90. The molecule has 0 unspecified atom stereocenters. The van der Waals surface area contributed by atoms with Crippen molar-refractivity contribution in [2.45, 2.75) is 26.4 Å². The Labute approximate surface area is 152 Å². The van der Waals surface area contributed by atoms with Crippen molar-refractivity contribution >= 4 is 17.2 Å². The molecule has 0 saturated carbocycles. The van der Waals surface area contributed by atoms with Crippen molar-refractivity contribution in [3.8, 4) is 10.8 Å². The molecular formula is C18H24N4O2S. The van der Waals surface area contributed by atoms with Crippen LogP contribution in [0.5, 0.6) is 0 Å². The van der Waals surface area contributed by atoms with E-state index >= 15 is 0 Å². The average molecular weight is 360 g/mol. The van der Waals surface area contributed by atoms with Gasteiger partial charge < -0.3 is 9.32 Å². The molecule has 0 spiro atoms. The molecule has 134 valence electrons. The Hall–Kier alpha value is -1.70. The lowest BCUT2D eigenvalue weighted by molar-refractivity contribution is -0.143. The number of hydrogen-bond donors (Lipinski definition) is 0. The molecule has 2 saturated heterocycles. The molecule has 1 atom stereocenters. The summed E-state index contributed by atoms with van der Waals surface area (Å²) in [6, 6.07) is 2.07. The van der Waals surface area contributed by atoms with Crippen molar-refractivity contribution in [3.05, 3.63) is 28.5 Å². The van der Waals surface area contributed by atoms with E-state index in [2.05, 4.69) is 28.2 Å². The fourth-order valence-electron chi connectivity index (χ4n) is 3.64. The zero-order valence-electron chi connectivity index (χ0n) is 15.0. The number of thiophene rings is 1. The fourth-order valence-corrected chi connectivity index (χ4v) is 4.49. The molecule has 2 aromatic rings. The number of rotatable bonds is 3. The summed E-state index contributed by atoms with van der Waals surface area (Å²) in [5.74, 6) is 1.83. The predicted molar refractivity (Wildman–Crippen MR) is 97.6 cm³/mol. The Morgan fingerprint density at radius 1 is 1.28 bits per heavy atom. The Morgan fingerprint density at radius 3 is 2.84 bits per heavy atom. The summed E-state index contributed by atoms with van der Waals surface area (Å²) >= 11 is 1.66. The standard InChI is InChI=1S/C18H24N4O2S/c1-12-4-9-25-16(12)17-19-14(13(2)24-17)10-21-6-8-22-7-5-20(3)18(23)15(22)11-21/h4,9,15H,5-8,10-11H2,1-3H3/t15-/m0/s1. The molecule has 0 bridgehead atoms. The topological polar surface area (TPSA) is 52.8 Å². The summed E-state index contributed by atoms with van der Waals surface area (Å²) in [5.41, 5.74) is 2.18. The number of hydrogen-bond acceptors (Lipinski definition) is 6. The molecule has 2 aromatic heterocycles. The van der Waals surface area contributed by atoms with Gasteiger partial charge in [-0.25, -0.2) is 4.98 Å². The summed E-state index contributed by atoms with van der Waals surface area (Å²) in [6.07, 6.45) is 0. The molecule has 2 fully saturated rings. The fraction of sp³-hybridized carbons (Fsp3) is 0.556. The quantitative estimate of drug-likeness (QED) is 0.838. The van der Waals surface area contributed by atoms with Gasteiger partial charge in [0.1, 0.15) is 11.8 Å². The normalized spacial score (nSPS) is 22.4. The zero-order valence-corrected chi connectivity index (χ0v) is 15.8. The van der Waals surface area contributed by atoms with Crippen molar-refractivity contribution < 1.29 is 9.21 Å². The van der Waals surface area contributed by atoms with Gasteiger partial charge in [-0.1, -0.05) is 0 Å². The number of carbonyl (C=O) groups excluding carboxylic acids is 1. The first-order valence-corrected chi connectivity index (χ1v) is 9.63. The minimum atomic E-state index is -0.0151. The Bertz CT molecular complexity index is 784. The predicted octanol–water partition coefficient (Wildman–Crippen LogP) is 1.98. The highest BCUT2D eigenvalue weighted by atomic mass is 32.1. The summed E-state index contributed by atoms with van der Waals surface area (Å²) in [6.45, 7) is 9.28. The van der Waals surface area contributed by atoms with Crippen LogP contribution in [0.3, 0.4) is 0 Å². The van der Waals surface area contributed by atoms with Crippen LogP contribution in [0, 0.1) is 13.8 Å². The number of fused-ring (bicyclic) bond motifs is 1. The third-order valence-corrected chi connectivity index (χ3v) is 6.29. The maximum Gasteiger partial charge on any atom is 0.241 e. The van der Waals surface area contributed by atoms with Crippen LogP contribution < -0.4 is 0 Å². The Morgan fingerprint density at radius 2 is 2.08 bits per heavy atom. The van der Waals surface area contributed by atoms with Crippen molar-refractivity contribution in [3.63, 3.8) is 0 Å². The van der Waals surface area contributed by atoms with Gasteiger partial charge in [-0.3, -0.25) is 14.6 Å². The van der Waals surface area contributed by atoms with E-state index in [4.69, 9.17) is 9.40 Å². The molecule has 1 amide bonds. The molecule has 2 aliphatic rings. The Kier molecular flexibility index (Phi) is 4.39. The monoisotopic (exact) mass is 360 g/mol. The van der Waals surface area contributed by atoms with Crippen LogP contribution in [-0.2, 0) is 11.3 Å². The van der Waals surface area contributed by atoms with Gasteiger partial charge in [0.05, 0.1) is 10.6 Å². The van der Waals surface area contributed by atoms with Crippen LogP contribution in [-0.4, -0.2) is 71.4 Å². The highest BCUT2D eigenvalue weighted by molar-refractivity contribution is 7.13. The number of nitrogens with zero attached hydrogens (tertiary/aromatic N) is 4. The zero-order chi connectivity index (χ0) is 17.6. The van der Waals surface area contributed by atoms with Gasteiger partial charge in [-0.2, -0.15) is 0 Å². The molecule has 25 heavy (non-hydrogen) atoms. The van der Waals surface area contributed by atoms with Gasteiger partial charge in [-0.15, -0.1) is 11.3 Å². The average Bonchev–Trinajstić information content (AvgIpc) is 3.17. The van der Waals surface area contributed by atoms with E-state index in [0.717, 1.165) is 55.6 Å². The van der Waals surface area contributed by atoms with E-state index in [9.17, 15) is 4.79 Å². The summed E-state index contributed by atoms with van der Waals surface area (Å²) < 4.78 is 5.91. The molecule has 4 rings (SSSR count). The van der Waals surface area contributed by atoms with Crippen LogP contribution in [0.4, 0.5) is 0 Å². The van der Waals surface area contributed by atoms with Gasteiger partial charge in [0.25, 0.3) is 0 Å². The molecule has 0 aliphatic carbocycles. The van der Waals surface area contributed by atoms with Crippen LogP contribution in [0.25, 0.3) is 10.8 Å². The van der Waals surface area contributed by atoms with Gasteiger partial charge in [0.15, 0.2) is 0 Å². The van der Waals surface area contributed by atoms with Crippen molar-refractivity contribution in [2.75, 3.05) is 39.8 Å². The maximum absolute atomic E-state index is 12.4. The van der Waals surface area contributed by atoms with E-state index in [1.165, 1.54) is 5.56 Å². The smallest absolute Gasteiger partial charge is 0.241 e. The molecule has 4 heterocycles. The first-order chi connectivity index (χ1) is 12.0. The largest absolute Gasteiger partial charge is 0.440 e. The van der Waals surface area contributed by atoms with Gasteiger partial charge in [0, 0.05) is 46.3 Å². The molecule has 0 N–H and O–H groups in total. The van der Waals surface area contributed by atoms with Crippen molar-refractivity contribution in [2.24, 2.45) is 0 Å². The van der Waals surface area contributed by atoms with Gasteiger partial charge >= 0.3 is 0 Å². The molecule has 0 aromatic carbocycles. The van der Waals surface area contributed by atoms with Gasteiger partial charge in [0.2, 0.25) is 11.8 Å². The van der Waals surface area contributed by atoms with Crippen molar-refractivity contribution in [1.29, 1.82) is 0 Å². The molecule has 2 aliphatic heterocycles. The van der Waals surface area contributed by atoms with E-state index in [-0.39, 0.29) is 11.9 Å². The lowest BCUT2D eigenvalue weighted by Crippen LogP contribution is -2.63. The number of oxazole rings is 1. The highest BCUT2D eigenvalue weighted by Crippen LogP contribution is 2.30. The first kappa shape index (κ1) is 16.8. The number of aromatic nitrogens is 1. The maximum atomic E-state index is 12.4. The molecule has 0 radical (unpaired) electrons.